The fraction of sp³-hybridized carbons (Fsp3) is 0.969. The van der Waals surface area contributed by atoms with Crippen LogP contribution >= 0.6 is 0 Å². The van der Waals surface area contributed by atoms with E-state index in [0.717, 1.165) is 42.9 Å². The summed E-state index contributed by atoms with van der Waals surface area (Å²) in [5.74, 6) is 3.13. The molecule has 208 valence electrons. The first-order valence-corrected chi connectivity index (χ1v) is 15.7. The molecule has 5 heteroatoms. The smallest absolute Gasteiger partial charge is 0.302 e. The van der Waals surface area contributed by atoms with Gasteiger partial charge in [-0.3, -0.25) is 9.69 Å². The first-order valence-electron chi connectivity index (χ1n) is 15.7. The molecule has 13 atom stereocenters. The minimum Gasteiger partial charge on any atom is -0.462 e. The van der Waals surface area contributed by atoms with Crippen LogP contribution in [-0.2, 0) is 14.3 Å². The Morgan fingerprint density at radius 3 is 2.59 bits per heavy atom. The molecule has 37 heavy (non-hydrogen) atoms. The minimum atomic E-state index is -0.870. The summed E-state index contributed by atoms with van der Waals surface area (Å²) in [5, 5.41) is 11.3. The van der Waals surface area contributed by atoms with Crippen molar-refractivity contribution in [2.45, 2.75) is 142 Å². The number of fused-ring (bicyclic) bond motifs is 4. The molecule has 0 aromatic heterocycles. The van der Waals surface area contributed by atoms with E-state index in [2.05, 4.69) is 39.5 Å². The second-order valence-corrected chi connectivity index (χ2v) is 15.7. The highest BCUT2D eigenvalue weighted by molar-refractivity contribution is 5.66. The maximum absolute atomic E-state index is 12.1. The molecule has 0 amide bonds. The average molecular weight is 514 g/mol. The Labute approximate surface area is 224 Å². The molecule has 7 aliphatic rings. The van der Waals surface area contributed by atoms with Crippen LogP contribution < -0.4 is 0 Å². The average Bonchev–Trinajstić information content (AvgIpc) is 3.35. The van der Waals surface area contributed by atoms with E-state index in [9.17, 15) is 9.90 Å². The summed E-state index contributed by atoms with van der Waals surface area (Å²) in [4.78, 5) is 15.2. The quantitative estimate of drug-likeness (QED) is 0.462. The number of aliphatic hydroxyl groups is 1. The normalized spacial score (nSPS) is 59.1. The van der Waals surface area contributed by atoms with Crippen LogP contribution in [0.1, 0.15) is 112 Å². The second-order valence-electron chi connectivity index (χ2n) is 15.7. The van der Waals surface area contributed by atoms with Gasteiger partial charge in [0, 0.05) is 31.0 Å². The van der Waals surface area contributed by atoms with Crippen LogP contribution in [0.15, 0.2) is 0 Å². The summed E-state index contributed by atoms with van der Waals surface area (Å²) in [5.41, 5.74) is 0.348. The molecule has 0 aromatic carbocycles. The maximum atomic E-state index is 12.1. The summed E-state index contributed by atoms with van der Waals surface area (Å²) in [6, 6.07) is 0.713. The van der Waals surface area contributed by atoms with Crippen molar-refractivity contribution in [3.8, 4) is 0 Å². The van der Waals surface area contributed by atoms with Crippen LogP contribution in [0.4, 0.5) is 0 Å². The molecule has 1 spiro atoms. The Kier molecular flexibility index (Phi) is 5.31. The Morgan fingerprint density at radius 2 is 1.86 bits per heavy atom. The monoisotopic (exact) mass is 513 g/mol. The summed E-state index contributed by atoms with van der Waals surface area (Å²) in [6.45, 7) is 14.9. The van der Waals surface area contributed by atoms with Gasteiger partial charge in [-0.15, -0.1) is 0 Å². The molecule has 0 aromatic rings. The molecule has 1 N–H and O–H groups in total. The zero-order valence-electron chi connectivity index (χ0n) is 24.2. The van der Waals surface area contributed by atoms with E-state index in [0.29, 0.717) is 22.4 Å². The third kappa shape index (κ3) is 2.81. The highest BCUT2D eigenvalue weighted by atomic mass is 16.6. The maximum Gasteiger partial charge on any atom is 0.302 e. The van der Waals surface area contributed by atoms with Gasteiger partial charge in [0.15, 0.2) is 6.29 Å². The minimum absolute atomic E-state index is 0.204. The molecule has 1 unspecified atom stereocenters. The number of hydrogen-bond acceptors (Lipinski definition) is 5. The number of rotatable bonds is 5. The number of ether oxygens (including phenoxy) is 2. The molecular weight excluding hydrogens is 462 g/mol. The number of piperidine rings is 2. The van der Waals surface area contributed by atoms with Gasteiger partial charge in [0.25, 0.3) is 0 Å². The van der Waals surface area contributed by atoms with Crippen LogP contribution in [0.2, 0.25) is 0 Å². The summed E-state index contributed by atoms with van der Waals surface area (Å²) in [7, 11) is 0. The van der Waals surface area contributed by atoms with E-state index in [-0.39, 0.29) is 23.6 Å². The van der Waals surface area contributed by atoms with Crippen LogP contribution in [0.5, 0.6) is 0 Å². The van der Waals surface area contributed by atoms with Crippen molar-refractivity contribution in [1.82, 2.24) is 4.90 Å². The molecule has 0 radical (unpaired) electrons. The third-order valence-electron chi connectivity index (χ3n) is 14.5. The molecule has 4 aliphatic heterocycles. The van der Waals surface area contributed by atoms with Gasteiger partial charge in [0.05, 0.1) is 11.0 Å². The molecule has 7 fully saturated rings. The van der Waals surface area contributed by atoms with Gasteiger partial charge in [-0.1, -0.05) is 34.1 Å². The van der Waals surface area contributed by atoms with E-state index in [1.54, 1.807) is 0 Å². The largest absolute Gasteiger partial charge is 0.462 e. The first kappa shape index (κ1) is 25.3. The van der Waals surface area contributed by atoms with Crippen LogP contribution in [0.3, 0.4) is 0 Å². The number of aliphatic hydroxyl groups excluding tert-OH is 1. The lowest BCUT2D eigenvalue weighted by atomic mass is 9.41. The second kappa shape index (κ2) is 7.75. The van der Waals surface area contributed by atoms with Crippen molar-refractivity contribution in [3.63, 3.8) is 0 Å². The number of carbonyl (C=O) groups excluding carboxylic acids is 1. The van der Waals surface area contributed by atoms with E-state index in [4.69, 9.17) is 9.47 Å². The molecule has 3 aliphatic carbocycles. The zero-order valence-corrected chi connectivity index (χ0v) is 24.2. The van der Waals surface area contributed by atoms with Crippen LogP contribution in [-0.4, -0.2) is 52.1 Å². The van der Waals surface area contributed by atoms with E-state index in [1.807, 2.05) is 0 Å². The van der Waals surface area contributed by atoms with E-state index >= 15 is 0 Å². The Morgan fingerprint density at radius 1 is 1.08 bits per heavy atom. The summed E-state index contributed by atoms with van der Waals surface area (Å²) < 4.78 is 12.3. The predicted octanol–water partition coefficient (Wildman–Crippen LogP) is 5.93. The predicted molar refractivity (Wildman–Crippen MR) is 143 cm³/mol. The van der Waals surface area contributed by atoms with E-state index < -0.39 is 11.7 Å². The topological polar surface area (TPSA) is 59.0 Å². The number of nitrogens with zero attached hydrogens (tertiary/aromatic N) is 1. The van der Waals surface area contributed by atoms with Crippen molar-refractivity contribution in [3.05, 3.63) is 0 Å². The first-order chi connectivity index (χ1) is 17.4. The highest BCUT2D eigenvalue weighted by Crippen LogP contribution is 2.79. The third-order valence-corrected chi connectivity index (χ3v) is 14.5. The molecule has 7 bridgehead atoms. The van der Waals surface area contributed by atoms with Crippen LogP contribution in [0, 0.1) is 45.8 Å². The van der Waals surface area contributed by atoms with Gasteiger partial charge in [0.2, 0.25) is 0 Å². The number of carbonyl (C=O) groups is 1. The summed E-state index contributed by atoms with van der Waals surface area (Å²) in [6.07, 6.45) is 12.7. The summed E-state index contributed by atoms with van der Waals surface area (Å²) >= 11 is 0. The van der Waals surface area contributed by atoms with Crippen molar-refractivity contribution in [2.24, 2.45) is 45.8 Å². The molecule has 5 nitrogen and oxygen atoms in total. The lowest BCUT2D eigenvalue weighted by molar-refractivity contribution is -0.188. The van der Waals surface area contributed by atoms with Gasteiger partial charge in [0.1, 0.15) is 6.10 Å². The lowest BCUT2D eigenvalue weighted by Gasteiger charge is -2.67. The molecule has 4 saturated heterocycles. The van der Waals surface area contributed by atoms with Crippen molar-refractivity contribution < 1.29 is 19.4 Å². The molecule has 7 rings (SSSR count). The van der Waals surface area contributed by atoms with Crippen molar-refractivity contribution in [1.29, 1.82) is 0 Å². The van der Waals surface area contributed by atoms with E-state index in [1.165, 1.54) is 64.8 Å². The van der Waals surface area contributed by atoms with Gasteiger partial charge in [-0.2, -0.15) is 0 Å². The fourth-order valence-electron chi connectivity index (χ4n) is 13.0. The SMILES string of the molecule is CC(=O)O[C@@H]1CC[C@@]2(C)O[C@H](O)[C@@]1(C)[C@H]2CC[C@@]12[C@@H]3CCC[C@@]34CC[C@H]3CN4[C@@H]1[C@H](C(C)C)CC[C@@]32C. The fourth-order valence-corrected chi connectivity index (χ4v) is 13.0. The lowest BCUT2D eigenvalue weighted by Crippen LogP contribution is -2.68. The molecule has 3 saturated carbocycles. The number of hydrogen-bond donors (Lipinski definition) is 1. The zero-order chi connectivity index (χ0) is 26.2. The Hall–Kier alpha value is -0.650. The van der Waals surface area contributed by atoms with Gasteiger partial charge < -0.3 is 14.6 Å². The van der Waals surface area contributed by atoms with Crippen LogP contribution in [0.25, 0.3) is 0 Å². The van der Waals surface area contributed by atoms with Crippen molar-refractivity contribution in [2.75, 3.05) is 6.54 Å². The Balaban J connectivity index is 1.30. The standard InChI is InChI=1S/C32H51NO4/c1-19(2)22-10-14-28(4)21-9-16-31-13-7-8-24(31)32(28,26(22)33(31)18-21)17-11-23-29(5)15-12-25(36-20(3)34)30(23,6)27(35)37-29/h19,21-27,35H,7-18H2,1-6H3/t21-,22-,23-,24+,25+,26+,27-,28-,29+,30-,31+,32+/m0/s1. The molecular formula is C32H51NO4. The highest BCUT2D eigenvalue weighted by Gasteiger charge is 2.80. The van der Waals surface area contributed by atoms with Gasteiger partial charge >= 0.3 is 5.97 Å². The number of esters is 1. The molecule has 4 heterocycles. The Bertz CT molecular complexity index is 984. The van der Waals surface area contributed by atoms with Crippen molar-refractivity contribution >= 4 is 5.97 Å². The van der Waals surface area contributed by atoms with Gasteiger partial charge in [-0.25, -0.2) is 0 Å². The van der Waals surface area contributed by atoms with Gasteiger partial charge in [-0.05, 0) is 106 Å².